The lowest BCUT2D eigenvalue weighted by molar-refractivity contribution is -0.143. The van der Waals surface area contributed by atoms with E-state index < -0.39 is 11.3 Å². The van der Waals surface area contributed by atoms with Gasteiger partial charge in [0.2, 0.25) is 5.78 Å². The molecule has 0 saturated carbocycles. The van der Waals surface area contributed by atoms with Crippen molar-refractivity contribution in [1.82, 2.24) is 26.6 Å². The maximum absolute atomic E-state index is 12.4. The van der Waals surface area contributed by atoms with Crippen molar-refractivity contribution in [2.24, 2.45) is 44.8 Å². The summed E-state index contributed by atoms with van der Waals surface area (Å²) >= 11 is 0. The number of hydrogen-bond acceptors (Lipinski definition) is 10. The Labute approximate surface area is 454 Å². The van der Waals surface area contributed by atoms with Gasteiger partial charge in [0, 0.05) is 54.8 Å². The topological polar surface area (TPSA) is 163 Å². The highest BCUT2D eigenvalue weighted by Crippen LogP contribution is 2.25. The molecular weight excluding hydrogens is 911 g/mol. The molecule has 0 heterocycles. The summed E-state index contributed by atoms with van der Waals surface area (Å²) in [7, 11) is 0. The minimum atomic E-state index is -0.602. The Bertz CT molecular complexity index is 1660. The molecular formula is C62H127N5O6. The van der Waals surface area contributed by atoms with E-state index in [4.69, 9.17) is 0 Å². The van der Waals surface area contributed by atoms with Crippen molar-refractivity contribution in [2.45, 2.75) is 321 Å². The smallest absolute Gasteiger partial charge is 0.288 e. The van der Waals surface area contributed by atoms with Crippen molar-refractivity contribution in [1.29, 1.82) is 0 Å². The molecule has 0 aliphatic carbocycles. The molecule has 0 radical (unpaired) electrons. The standard InChI is InChI=1S/2C14H29NO.C13H27NO.C11H23NO.C10H19NO2/c1-10(2)9-11(15-14(6,7)8)12(16)13(3,4)5;1-9-10(2)11(15-14(6,7)8)12(16)13(3,4)5;1-9(2)10(14-13(6,7)8)11(15)12(3,4)5;1-8(12-11(5,6)7)9(13)10(2,3)4;1-9(2,3)7(12)8(13)11-10(4,5)6/h2*10-11,15H,9H2,1-8H3;9-10,14H,1-8H3;8,12H,1-7H3;1-6H3,(H,11,13). The number of ketones is 5. The van der Waals surface area contributed by atoms with E-state index in [2.05, 4.69) is 151 Å². The van der Waals surface area contributed by atoms with E-state index in [0.717, 1.165) is 12.8 Å². The van der Waals surface area contributed by atoms with Crippen molar-refractivity contribution < 1.29 is 28.8 Å². The maximum atomic E-state index is 12.4. The van der Waals surface area contributed by atoms with Crippen LogP contribution < -0.4 is 26.6 Å². The van der Waals surface area contributed by atoms with E-state index in [0.29, 0.717) is 35.1 Å². The van der Waals surface area contributed by atoms with Crippen LogP contribution in [0.5, 0.6) is 0 Å². The normalized spacial score (nSPS) is 15.3. The Balaban J connectivity index is -0.000000265. The number of Topliss-reactive ketones (excluding diaryl/α,β-unsaturated/α-hetero) is 5. The van der Waals surface area contributed by atoms with Crippen molar-refractivity contribution in [3.63, 3.8) is 0 Å². The van der Waals surface area contributed by atoms with Crippen molar-refractivity contribution in [3.05, 3.63) is 0 Å². The summed E-state index contributed by atoms with van der Waals surface area (Å²) in [6.45, 7) is 74.4. The van der Waals surface area contributed by atoms with Crippen molar-refractivity contribution >= 4 is 34.8 Å². The highest BCUT2D eigenvalue weighted by molar-refractivity contribution is 6.38. The van der Waals surface area contributed by atoms with Crippen molar-refractivity contribution in [3.8, 4) is 0 Å². The highest BCUT2D eigenvalue weighted by Gasteiger charge is 2.37. The minimum Gasteiger partial charge on any atom is -0.345 e. The Morgan fingerprint density at radius 1 is 0.356 bits per heavy atom. The van der Waals surface area contributed by atoms with E-state index in [9.17, 15) is 28.8 Å². The summed E-state index contributed by atoms with van der Waals surface area (Å²) in [5, 5.41) is 16.2. The zero-order valence-corrected chi connectivity index (χ0v) is 55.4. The average molecular weight is 1040 g/mol. The van der Waals surface area contributed by atoms with Crippen LogP contribution in [-0.2, 0) is 28.8 Å². The third-order valence-corrected chi connectivity index (χ3v) is 10.6. The monoisotopic (exact) mass is 1040 g/mol. The Morgan fingerprint density at radius 3 is 0.890 bits per heavy atom. The molecule has 11 nitrogen and oxygen atoms in total. The highest BCUT2D eigenvalue weighted by atomic mass is 16.2. The van der Waals surface area contributed by atoms with Gasteiger partial charge in [-0.15, -0.1) is 0 Å². The van der Waals surface area contributed by atoms with Crippen LogP contribution in [0.2, 0.25) is 0 Å². The lowest BCUT2D eigenvalue weighted by Crippen LogP contribution is -2.53. The largest absolute Gasteiger partial charge is 0.345 e. The van der Waals surface area contributed by atoms with Crippen LogP contribution in [0, 0.1) is 44.8 Å². The molecule has 0 aliphatic heterocycles. The van der Waals surface area contributed by atoms with Gasteiger partial charge in [-0.25, -0.2) is 0 Å². The summed E-state index contributed by atoms with van der Waals surface area (Å²) in [5.74, 6) is 1.57. The Hall–Kier alpha value is -2.34. The van der Waals surface area contributed by atoms with Crippen LogP contribution in [0.3, 0.4) is 0 Å². The molecule has 5 unspecified atom stereocenters. The number of nitrogens with one attached hydrogen (secondary N) is 5. The SMILES string of the molecule is CC(C)(C)NC(=O)C(=O)C(C)(C)C.CC(C)C(NC(C)(C)C)C(=O)C(C)(C)C.CC(C)CC(NC(C)(C)C)C(=O)C(C)(C)C.CC(NC(C)(C)C)C(=O)C(C)(C)C.CCC(C)C(NC(C)(C)C)C(=O)C(C)(C)C. The fourth-order valence-corrected chi connectivity index (χ4v) is 6.95. The zero-order chi connectivity index (χ0) is 60.5. The average Bonchev–Trinajstić information content (AvgIpc) is 3.10. The van der Waals surface area contributed by atoms with Gasteiger partial charge in [-0.1, -0.05) is 152 Å². The molecule has 0 fully saturated rings. The van der Waals surface area contributed by atoms with Crippen LogP contribution >= 0.6 is 0 Å². The second-order valence-corrected chi connectivity index (χ2v) is 31.8. The summed E-state index contributed by atoms with van der Waals surface area (Å²) in [6.07, 6.45) is 1.93. The fraction of sp³-hybridized carbons (Fsp3) is 0.903. The van der Waals surface area contributed by atoms with Crippen LogP contribution in [0.1, 0.15) is 269 Å². The van der Waals surface area contributed by atoms with E-state index in [1.807, 2.05) is 111 Å². The van der Waals surface area contributed by atoms with Crippen LogP contribution in [0.15, 0.2) is 0 Å². The van der Waals surface area contributed by atoms with Gasteiger partial charge in [-0.05, 0) is 135 Å². The van der Waals surface area contributed by atoms with Crippen LogP contribution in [0.25, 0.3) is 0 Å². The van der Waals surface area contributed by atoms with E-state index >= 15 is 0 Å². The first-order valence-corrected chi connectivity index (χ1v) is 27.6. The van der Waals surface area contributed by atoms with Crippen LogP contribution in [-0.4, -0.2) is 86.7 Å². The molecule has 0 aromatic heterocycles. The van der Waals surface area contributed by atoms with Gasteiger partial charge in [-0.2, -0.15) is 0 Å². The zero-order valence-electron chi connectivity index (χ0n) is 55.4. The molecule has 436 valence electrons. The molecule has 5 atom stereocenters. The second-order valence-electron chi connectivity index (χ2n) is 31.8. The number of amides is 1. The lowest BCUT2D eigenvalue weighted by Gasteiger charge is -2.35. The predicted octanol–water partition coefficient (Wildman–Crippen LogP) is 13.7. The molecule has 0 rings (SSSR count). The third kappa shape index (κ3) is 42.5. The molecule has 0 aromatic carbocycles. The Morgan fingerprint density at radius 2 is 0.658 bits per heavy atom. The first-order chi connectivity index (χ1) is 31.4. The molecule has 0 saturated heterocycles. The molecule has 0 aliphatic rings. The van der Waals surface area contributed by atoms with Gasteiger partial charge in [0.05, 0.1) is 24.2 Å². The number of rotatable bonds is 14. The molecule has 0 aromatic rings. The molecule has 11 heteroatoms. The molecule has 73 heavy (non-hydrogen) atoms. The summed E-state index contributed by atoms with van der Waals surface area (Å²) in [6, 6.07) is -0.185. The van der Waals surface area contributed by atoms with Gasteiger partial charge < -0.3 is 26.6 Å². The first kappa shape index (κ1) is 79.5. The van der Waals surface area contributed by atoms with Crippen LogP contribution in [0.4, 0.5) is 0 Å². The first-order valence-electron chi connectivity index (χ1n) is 27.6. The molecule has 0 spiro atoms. The van der Waals surface area contributed by atoms with Gasteiger partial charge in [0.25, 0.3) is 5.91 Å². The van der Waals surface area contributed by atoms with Crippen molar-refractivity contribution in [2.75, 3.05) is 0 Å². The summed E-state index contributed by atoms with van der Waals surface area (Å²) < 4.78 is 0. The van der Waals surface area contributed by atoms with Gasteiger partial charge in [-0.3, -0.25) is 28.8 Å². The minimum absolute atomic E-state index is 0.000324. The van der Waals surface area contributed by atoms with E-state index in [1.165, 1.54) is 0 Å². The number of hydrogen-bond donors (Lipinski definition) is 5. The quantitative estimate of drug-likeness (QED) is 0.106. The number of carbonyl (C=O) groups is 6. The van der Waals surface area contributed by atoms with Gasteiger partial charge in [0.15, 0.2) is 23.1 Å². The molecule has 0 bridgehead atoms. The lowest BCUT2D eigenvalue weighted by atomic mass is 9.80. The summed E-state index contributed by atoms with van der Waals surface area (Å²) in [4.78, 5) is 71.5. The number of carbonyl (C=O) groups excluding carboxylic acids is 6. The second kappa shape index (κ2) is 30.6. The fourth-order valence-electron chi connectivity index (χ4n) is 6.95. The van der Waals surface area contributed by atoms with Gasteiger partial charge in [0.1, 0.15) is 0 Å². The third-order valence-electron chi connectivity index (χ3n) is 10.6. The Kier molecular flexibility index (Phi) is 33.3. The predicted molar refractivity (Wildman–Crippen MR) is 316 cm³/mol. The summed E-state index contributed by atoms with van der Waals surface area (Å²) in [5.41, 5.74) is -2.06. The van der Waals surface area contributed by atoms with E-state index in [-0.39, 0.29) is 85.1 Å². The van der Waals surface area contributed by atoms with Gasteiger partial charge >= 0.3 is 0 Å². The maximum Gasteiger partial charge on any atom is 0.288 e. The molecule has 1 amide bonds. The van der Waals surface area contributed by atoms with E-state index in [1.54, 1.807) is 20.8 Å². The molecule has 5 N–H and O–H groups in total.